The molecule has 1 aromatic carbocycles. The van der Waals surface area contributed by atoms with Crippen LogP contribution in [0.4, 0.5) is 0 Å². The largest absolute Gasteiger partial charge is 0.359 e. The van der Waals surface area contributed by atoms with Crippen molar-refractivity contribution in [1.82, 2.24) is 24.8 Å². The maximum atomic E-state index is 12.9. The van der Waals surface area contributed by atoms with Gasteiger partial charge in [-0.05, 0) is 42.8 Å². The highest BCUT2D eigenvalue weighted by molar-refractivity contribution is 7.89. The van der Waals surface area contributed by atoms with E-state index < -0.39 is 10.0 Å². The number of aromatic nitrogens is 1. The predicted molar refractivity (Wildman–Crippen MR) is 139 cm³/mol. The number of hydrogen-bond donors (Lipinski definition) is 2. The van der Waals surface area contributed by atoms with E-state index in [1.807, 2.05) is 36.1 Å². The van der Waals surface area contributed by atoms with Gasteiger partial charge in [0.1, 0.15) is 5.69 Å². The van der Waals surface area contributed by atoms with E-state index in [-0.39, 0.29) is 10.8 Å². The van der Waals surface area contributed by atoms with E-state index in [0.717, 1.165) is 29.9 Å². The van der Waals surface area contributed by atoms with Crippen molar-refractivity contribution < 1.29 is 13.2 Å². The molecule has 8 nitrogen and oxygen atoms in total. The van der Waals surface area contributed by atoms with Crippen LogP contribution in [0.3, 0.4) is 0 Å². The highest BCUT2D eigenvalue weighted by Gasteiger charge is 2.23. The second-order valence-corrected chi connectivity index (χ2v) is 10.1. The van der Waals surface area contributed by atoms with Crippen molar-refractivity contribution in [2.45, 2.75) is 25.3 Å². The van der Waals surface area contributed by atoms with Gasteiger partial charge in [0.15, 0.2) is 0 Å². The summed E-state index contributed by atoms with van der Waals surface area (Å²) >= 11 is 0. The van der Waals surface area contributed by atoms with E-state index in [1.165, 1.54) is 0 Å². The van der Waals surface area contributed by atoms with Crippen LogP contribution < -0.4 is 10.0 Å². The zero-order valence-electron chi connectivity index (χ0n) is 20.3. The van der Waals surface area contributed by atoms with Gasteiger partial charge in [0.2, 0.25) is 10.0 Å². The van der Waals surface area contributed by atoms with Crippen LogP contribution >= 0.6 is 0 Å². The molecule has 1 amide bonds. The van der Waals surface area contributed by atoms with Crippen molar-refractivity contribution in [2.24, 2.45) is 0 Å². The average Bonchev–Trinajstić information content (AvgIpc) is 2.84. The monoisotopic (exact) mass is 495 g/mol. The number of nitrogens with zero attached hydrogens (tertiary/aromatic N) is 3. The summed E-state index contributed by atoms with van der Waals surface area (Å²) in [6, 6.07) is 10.5. The first-order valence-corrected chi connectivity index (χ1v) is 13.0. The fourth-order valence-corrected chi connectivity index (χ4v) is 4.85. The summed E-state index contributed by atoms with van der Waals surface area (Å²) in [6.45, 7) is 15.1. The number of pyridine rings is 1. The van der Waals surface area contributed by atoms with Crippen LogP contribution in [-0.2, 0) is 16.6 Å². The number of amides is 1. The van der Waals surface area contributed by atoms with Crippen molar-refractivity contribution >= 4 is 21.6 Å². The molecule has 0 spiro atoms. The molecule has 0 saturated carbocycles. The van der Waals surface area contributed by atoms with Crippen LogP contribution in [-0.4, -0.2) is 61.8 Å². The second kappa shape index (κ2) is 11.9. The molecule has 0 bridgehead atoms. The number of rotatable bonds is 10. The van der Waals surface area contributed by atoms with Crippen LogP contribution in [0.1, 0.15) is 35.5 Å². The molecular formula is C26H33N5O3S. The van der Waals surface area contributed by atoms with E-state index in [9.17, 15) is 13.2 Å². The number of hydrogen-bond acceptors (Lipinski definition) is 6. The lowest BCUT2D eigenvalue weighted by atomic mass is 10.1. The average molecular weight is 496 g/mol. The van der Waals surface area contributed by atoms with Gasteiger partial charge in [0.25, 0.3) is 5.91 Å². The molecule has 2 aromatic rings. The second-order valence-electron chi connectivity index (χ2n) is 8.33. The third-order valence-corrected chi connectivity index (χ3v) is 7.24. The predicted octanol–water partition coefficient (Wildman–Crippen LogP) is 2.99. The topological polar surface area (TPSA) is 94.6 Å². The lowest BCUT2D eigenvalue weighted by Gasteiger charge is -2.34. The molecule has 35 heavy (non-hydrogen) atoms. The van der Waals surface area contributed by atoms with Crippen LogP contribution in [0.2, 0.25) is 0 Å². The Hall–Kier alpha value is -3.27. The van der Waals surface area contributed by atoms with Crippen molar-refractivity contribution in [3.05, 3.63) is 90.4 Å². The Morgan fingerprint density at radius 1 is 1.11 bits per heavy atom. The summed E-state index contributed by atoms with van der Waals surface area (Å²) in [5.41, 5.74) is 3.87. The number of piperazine rings is 1. The molecule has 1 saturated heterocycles. The Labute approximate surface area is 208 Å². The minimum Gasteiger partial charge on any atom is -0.359 e. The van der Waals surface area contributed by atoms with E-state index in [0.29, 0.717) is 37.6 Å². The number of nitrogens with one attached hydrogen (secondary N) is 2. The lowest BCUT2D eigenvalue weighted by Crippen LogP contribution is -2.48. The molecule has 1 fully saturated rings. The summed E-state index contributed by atoms with van der Waals surface area (Å²) in [4.78, 5) is 21.6. The minimum atomic E-state index is -3.45. The highest BCUT2D eigenvalue weighted by atomic mass is 32.2. The van der Waals surface area contributed by atoms with E-state index in [4.69, 9.17) is 0 Å². The lowest BCUT2D eigenvalue weighted by molar-refractivity contribution is 0.0622. The molecule has 2 N–H and O–H groups in total. The first-order valence-electron chi connectivity index (χ1n) is 11.6. The minimum absolute atomic E-state index is 0.0875. The van der Waals surface area contributed by atoms with Gasteiger partial charge in [-0.15, -0.1) is 0 Å². The highest BCUT2D eigenvalue weighted by Crippen LogP contribution is 2.15. The van der Waals surface area contributed by atoms with E-state index >= 15 is 0 Å². The van der Waals surface area contributed by atoms with Crippen LogP contribution in [0.25, 0.3) is 5.70 Å². The van der Waals surface area contributed by atoms with Crippen LogP contribution in [0.15, 0.2) is 78.5 Å². The Balaban J connectivity index is 1.52. The molecule has 186 valence electrons. The fourth-order valence-electron chi connectivity index (χ4n) is 3.80. The number of allylic oxidation sites excluding steroid dienone is 3. The van der Waals surface area contributed by atoms with Gasteiger partial charge in [-0.1, -0.05) is 38.3 Å². The molecule has 2 heterocycles. The van der Waals surface area contributed by atoms with Gasteiger partial charge in [0, 0.05) is 62.4 Å². The number of carbonyl (C=O) groups excluding carboxylic acids is 1. The third kappa shape index (κ3) is 7.11. The molecule has 1 aliphatic heterocycles. The quantitative estimate of drug-likeness (QED) is 0.492. The number of carbonyl (C=O) groups is 1. The normalized spacial score (nSPS) is 15.0. The molecule has 1 aliphatic rings. The first-order chi connectivity index (χ1) is 16.7. The van der Waals surface area contributed by atoms with Gasteiger partial charge in [-0.2, -0.15) is 0 Å². The van der Waals surface area contributed by atoms with Crippen molar-refractivity contribution in [3.8, 4) is 0 Å². The van der Waals surface area contributed by atoms with Gasteiger partial charge in [0.05, 0.1) is 4.90 Å². The zero-order valence-corrected chi connectivity index (χ0v) is 21.1. The molecule has 0 unspecified atom stereocenters. The Kier molecular flexibility index (Phi) is 8.97. The Bertz CT molecular complexity index is 1180. The molecule has 3 rings (SSSR count). The van der Waals surface area contributed by atoms with Crippen molar-refractivity contribution in [1.29, 1.82) is 0 Å². The van der Waals surface area contributed by atoms with Crippen molar-refractivity contribution in [3.63, 3.8) is 0 Å². The number of sulfonamides is 1. The zero-order chi connectivity index (χ0) is 25.4. The molecule has 9 heteroatoms. The number of benzene rings is 1. The molecule has 1 aromatic heterocycles. The molecular weight excluding hydrogens is 462 g/mol. The standard InChI is InChI=1S/C26H33N5O3S/c1-5-7-20(3)29-21(4)23-10-13-25(27-18-23)26(32)31-16-14-30(15-17-31)19-22-8-11-24(12-9-22)35(33,34)28-6-2/h5,7-13,18,28-29H,1,4,6,14-17,19H2,2-3H3/b20-7+. The van der Waals surface area contributed by atoms with E-state index in [1.54, 1.807) is 37.4 Å². The summed E-state index contributed by atoms with van der Waals surface area (Å²) < 4.78 is 26.7. The summed E-state index contributed by atoms with van der Waals surface area (Å²) in [6.07, 6.45) is 5.20. The SMILES string of the molecule is C=C/C=C(\C)NC(=C)c1ccc(C(=O)N2CCN(Cc3ccc(S(=O)(=O)NCC)cc3)CC2)nc1. The van der Waals surface area contributed by atoms with E-state index in [2.05, 4.69) is 33.1 Å². The smallest absolute Gasteiger partial charge is 0.272 e. The summed E-state index contributed by atoms with van der Waals surface area (Å²) in [5.74, 6) is -0.0875. The first kappa shape index (κ1) is 26.3. The maximum absolute atomic E-state index is 12.9. The van der Waals surface area contributed by atoms with Crippen molar-refractivity contribution in [2.75, 3.05) is 32.7 Å². The van der Waals surface area contributed by atoms with Gasteiger partial charge in [-0.3, -0.25) is 14.7 Å². The molecule has 0 radical (unpaired) electrons. The molecule has 0 aliphatic carbocycles. The fraction of sp³-hybridized carbons (Fsp3) is 0.308. The van der Waals surface area contributed by atoms with Gasteiger partial charge < -0.3 is 10.2 Å². The molecule has 0 atom stereocenters. The van der Waals surface area contributed by atoms with Crippen LogP contribution in [0, 0.1) is 0 Å². The Morgan fingerprint density at radius 2 is 1.80 bits per heavy atom. The Morgan fingerprint density at radius 3 is 2.37 bits per heavy atom. The summed E-state index contributed by atoms with van der Waals surface area (Å²) in [7, 11) is -3.45. The van der Waals surface area contributed by atoms with Gasteiger partial charge >= 0.3 is 0 Å². The van der Waals surface area contributed by atoms with Gasteiger partial charge in [-0.25, -0.2) is 13.1 Å². The maximum Gasteiger partial charge on any atom is 0.272 e. The third-order valence-electron chi connectivity index (χ3n) is 5.68. The van der Waals surface area contributed by atoms with Crippen LogP contribution in [0.5, 0.6) is 0 Å². The summed E-state index contributed by atoms with van der Waals surface area (Å²) in [5, 5.41) is 3.17.